The highest BCUT2D eigenvalue weighted by Crippen LogP contribution is 2.32. The van der Waals surface area contributed by atoms with E-state index in [1.165, 1.54) is 18.2 Å². The maximum Gasteiger partial charge on any atom is 0.181 e. The Balaban J connectivity index is 1.73. The third-order valence-corrected chi connectivity index (χ3v) is 5.22. The number of benzene rings is 2. The molecule has 0 radical (unpaired) electrons. The number of aliphatic hydroxyl groups excluding tert-OH is 1. The molecule has 8 heteroatoms. The van der Waals surface area contributed by atoms with Crippen LogP contribution in [0.4, 0.5) is 10.1 Å². The molecule has 168 valence electrons. The van der Waals surface area contributed by atoms with E-state index in [4.69, 9.17) is 21.6 Å². The molecule has 0 spiro atoms. The molecule has 7 N–H and O–H groups in total. The van der Waals surface area contributed by atoms with Crippen LogP contribution in [0.1, 0.15) is 30.3 Å². The van der Waals surface area contributed by atoms with Gasteiger partial charge in [-0.3, -0.25) is 5.41 Å². The highest BCUT2D eigenvalue weighted by molar-refractivity contribution is 6.05. The molecule has 0 amide bonds. The molecule has 0 saturated heterocycles. The molecular weight excluding hydrogens is 423 g/mol. The van der Waals surface area contributed by atoms with Crippen molar-refractivity contribution in [3.63, 3.8) is 0 Å². The Morgan fingerprint density at radius 2 is 1.79 bits per heavy atom. The second-order valence-corrected chi connectivity index (χ2v) is 7.56. The fourth-order valence-electron chi connectivity index (χ4n) is 3.58. The van der Waals surface area contributed by atoms with Gasteiger partial charge < -0.3 is 26.4 Å². The van der Waals surface area contributed by atoms with Gasteiger partial charge in [-0.2, -0.15) is 0 Å². The molecule has 33 heavy (non-hydrogen) atoms. The number of pyridine rings is 1. The summed E-state index contributed by atoms with van der Waals surface area (Å²) < 4.78 is 20.2. The lowest BCUT2D eigenvalue weighted by molar-refractivity contribution is -0.0449. The zero-order valence-electron chi connectivity index (χ0n) is 17.6. The molecule has 0 saturated carbocycles. The van der Waals surface area contributed by atoms with Gasteiger partial charge in [0.25, 0.3) is 0 Å². The summed E-state index contributed by atoms with van der Waals surface area (Å²) in [4.78, 5) is 4.60. The first-order valence-electron chi connectivity index (χ1n) is 10.3. The van der Waals surface area contributed by atoms with Gasteiger partial charge >= 0.3 is 0 Å². The van der Waals surface area contributed by atoms with Crippen molar-refractivity contribution < 1.29 is 19.3 Å². The van der Waals surface area contributed by atoms with Gasteiger partial charge in [0.1, 0.15) is 23.2 Å². The zero-order chi connectivity index (χ0) is 23.5. The lowest BCUT2D eigenvalue weighted by atomic mass is 10.00. The minimum absolute atomic E-state index is 0.215. The number of amidine groups is 1. The molecule has 2 aromatic carbocycles. The van der Waals surface area contributed by atoms with Gasteiger partial charge in [-0.25, -0.2) is 9.37 Å². The van der Waals surface area contributed by atoms with E-state index in [2.05, 4.69) is 11.1 Å². The fourth-order valence-corrected chi connectivity index (χ4v) is 3.58. The molecule has 1 aliphatic rings. The van der Waals surface area contributed by atoms with E-state index in [0.717, 1.165) is 24.7 Å². The van der Waals surface area contributed by atoms with Gasteiger partial charge in [-0.1, -0.05) is 18.2 Å². The van der Waals surface area contributed by atoms with E-state index in [9.17, 15) is 14.6 Å². The molecule has 1 heterocycles. The maximum atomic E-state index is 14.3. The van der Waals surface area contributed by atoms with Crippen molar-refractivity contribution in [1.29, 1.82) is 5.41 Å². The zero-order valence-corrected chi connectivity index (χ0v) is 17.6. The first kappa shape index (κ1) is 22.2. The Hall–Kier alpha value is -4.01. The van der Waals surface area contributed by atoms with Crippen LogP contribution in [0.25, 0.3) is 22.5 Å². The topological polar surface area (TPSA) is 138 Å². The number of nitrogen functional groups attached to an aromatic ring is 2. The van der Waals surface area contributed by atoms with Gasteiger partial charge in [0.2, 0.25) is 0 Å². The van der Waals surface area contributed by atoms with Crippen LogP contribution in [0.5, 0.6) is 5.75 Å². The smallest absolute Gasteiger partial charge is 0.181 e. The average molecular weight is 446 g/mol. The first-order chi connectivity index (χ1) is 15.8. The Bertz CT molecular complexity index is 1270. The second-order valence-electron chi connectivity index (χ2n) is 7.56. The monoisotopic (exact) mass is 446 g/mol. The molecular formula is C25H23FN4O3. The van der Waals surface area contributed by atoms with Crippen LogP contribution in [0.3, 0.4) is 0 Å². The second kappa shape index (κ2) is 9.23. The highest BCUT2D eigenvalue weighted by atomic mass is 19.1. The molecule has 3 aromatic rings. The molecule has 0 unspecified atom stereocenters. The van der Waals surface area contributed by atoms with Crippen LogP contribution in [0, 0.1) is 11.2 Å². The fraction of sp³-hybridized carbons (Fsp3) is 0.120. The minimum atomic E-state index is -1.92. The van der Waals surface area contributed by atoms with Crippen LogP contribution in [-0.4, -0.2) is 21.0 Å². The van der Waals surface area contributed by atoms with Crippen molar-refractivity contribution in [3.05, 3.63) is 89.5 Å². The lowest BCUT2D eigenvalue weighted by Gasteiger charge is -2.15. The number of aliphatic hydroxyl groups is 2. The number of nitrogens with zero attached hydrogens (tertiary/aromatic N) is 1. The van der Waals surface area contributed by atoms with E-state index in [1.807, 2.05) is 12.2 Å². The molecule has 1 aliphatic carbocycles. The Labute approximate surface area is 190 Å². The summed E-state index contributed by atoms with van der Waals surface area (Å²) in [5, 5.41) is 26.5. The molecule has 7 nitrogen and oxygen atoms in total. The van der Waals surface area contributed by atoms with Crippen LogP contribution in [0.15, 0.2) is 72.5 Å². The van der Waals surface area contributed by atoms with E-state index in [-0.39, 0.29) is 22.6 Å². The van der Waals surface area contributed by atoms with Gasteiger partial charge in [0, 0.05) is 22.4 Å². The van der Waals surface area contributed by atoms with Crippen LogP contribution < -0.4 is 16.2 Å². The summed E-state index contributed by atoms with van der Waals surface area (Å²) in [6, 6.07) is 12.6. The van der Waals surface area contributed by atoms with Gasteiger partial charge in [-0.05, 0) is 61.4 Å². The van der Waals surface area contributed by atoms with Crippen molar-refractivity contribution in [1.82, 2.24) is 4.98 Å². The number of nitrogens with one attached hydrogen (secondary N) is 1. The number of anilines is 1. The van der Waals surface area contributed by atoms with Crippen molar-refractivity contribution in [2.45, 2.75) is 19.1 Å². The number of hydrogen-bond donors (Lipinski definition) is 5. The van der Waals surface area contributed by atoms with Crippen molar-refractivity contribution >= 4 is 11.5 Å². The molecule has 0 atom stereocenters. The quantitative estimate of drug-likeness (QED) is 0.220. The number of allylic oxidation sites excluding steroid dienone is 3. The number of ether oxygens (including phenoxy) is 1. The van der Waals surface area contributed by atoms with Gasteiger partial charge in [0.05, 0.1) is 17.0 Å². The Kier molecular flexibility index (Phi) is 6.21. The summed E-state index contributed by atoms with van der Waals surface area (Å²) in [7, 11) is 0. The SMILES string of the molecule is N=C(N)c1c(N)cc(-c2ccc(C(O)O)c(F)c2)nc1-c1ccc(OC2=CCCC=C2)cc1. The predicted molar refractivity (Wildman–Crippen MR) is 125 cm³/mol. The minimum Gasteiger partial charge on any atom is -0.458 e. The third-order valence-electron chi connectivity index (χ3n) is 5.22. The van der Waals surface area contributed by atoms with Gasteiger partial charge in [-0.15, -0.1) is 0 Å². The number of rotatable bonds is 6. The third kappa shape index (κ3) is 4.77. The largest absolute Gasteiger partial charge is 0.458 e. The molecule has 0 fully saturated rings. The normalized spacial score (nSPS) is 13.2. The Morgan fingerprint density at radius 1 is 1.06 bits per heavy atom. The number of nitrogens with two attached hydrogens (primary N) is 2. The van der Waals surface area contributed by atoms with E-state index in [1.54, 1.807) is 24.3 Å². The molecule has 0 aliphatic heterocycles. The summed E-state index contributed by atoms with van der Waals surface area (Å²) >= 11 is 0. The first-order valence-corrected chi connectivity index (χ1v) is 10.3. The number of aromatic nitrogens is 1. The average Bonchev–Trinajstić information content (AvgIpc) is 2.79. The van der Waals surface area contributed by atoms with E-state index in [0.29, 0.717) is 28.3 Å². The lowest BCUT2D eigenvalue weighted by Crippen LogP contribution is -2.16. The summed E-state index contributed by atoms with van der Waals surface area (Å²) in [5.74, 6) is 0.392. The van der Waals surface area contributed by atoms with E-state index >= 15 is 0 Å². The summed E-state index contributed by atoms with van der Waals surface area (Å²) in [6.07, 6.45) is 6.01. The van der Waals surface area contributed by atoms with Crippen molar-refractivity contribution in [3.8, 4) is 28.3 Å². The molecule has 1 aromatic heterocycles. The van der Waals surface area contributed by atoms with Crippen LogP contribution in [-0.2, 0) is 0 Å². The predicted octanol–water partition coefficient (Wildman–Crippen LogP) is 4.02. The van der Waals surface area contributed by atoms with Crippen molar-refractivity contribution in [2.75, 3.05) is 5.73 Å². The standard InChI is InChI=1S/C25H23FN4O3/c26-19-12-15(8-11-18(19)25(31)32)21-13-20(27)22(24(28)29)23(30-21)14-6-9-17(10-7-14)33-16-4-2-1-3-5-16/h2,4-13,25,31-32H,1,3H2,(H2,27,30)(H3,28,29). The van der Waals surface area contributed by atoms with Crippen molar-refractivity contribution in [2.24, 2.45) is 5.73 Å². The number of hydrogen-bond acceptors (Lipinski definition) is 6. The number of halogens is 1. The summed E-state index contributed by atoms with van der Waals surface area (Å²) in [5.41, 5.74) is 14.0. The van der Waals surface area contributed by atoms with Gasteiger partial charge in [0.15, 0.2) is 6.29 Å². The molecule has 0 bridgehead atoms. The summed E-state index contributed by atoms with van der Waals surface area (Å²) in [6.45, 7) is 0. The van der Waals surface area contributed by atoms with Crippen LogP contribution >= 0.6 is 0 Å². The van der Waals surface area contributed by atoms with E-state index < -0.39 is 12.1 Å². The Morgan fingerprint density at radius 3 is 2.39 bits per heavy atom. The highest BCUT2D eigenvalue weighted by Gasteiger charge is 2.18. The maximum absolute atomic E-state index is 14.3. The van der Waals surface area contributed by atoms with Crippen LogP contribution in [0.2, 0.25) is 0 Å². The molecule has 4 rings (SSSR count).